The van der Waals surface area contributed by atoms with Crippen molar-refractivity contribution in [2.75, 3.05) is 17.5 Å². The highest BCUT2D eigenvalue weighted by Crippen LogP contribution is 2.11. The van der Waals surface area contributed by atoms with Gasteiger partial charge in [-0.05, 0) is 38.1 Å². The lowest BCUT2D eigenvalue weighted by atomic mass is 10.1. The second-order valence-corrected chi connectivity index (χ2v) is 6.70. The summed E-state index contributed by atoms with van der Waals surface area (Å²) < 4.78 is 24.3. The van der Waals surface area contributed by atoms with Crippen LogP contribution >= 0.6 is 0 Å². The van der Waals surface area contributed by atoms with Gasteiger partial charge in [-0.15, -0.1) is 0 Å². The van der Waals surface area contributed by atoms with Gasteiger partial charge in [0, 0.05) is 17.8 Å². The molecule has 19 heavy (non-hydrogen) atoms. The van der Waals surface area contributed by atoms with Crippen molar-refractivity contribution < 1.29 is 18.3 Å². The lowest BCUT2D eigenvalue weighted by Gasteiger charge is -2.17. The van der Waals surface area contributed by atoms with Crippen LogP contribution < -0.4 is 10.0 Å². The Morgan fingerprint density at radius 1 is 1.26 bits per heavy atom. The number of carbonyl (C=O) groups excluding carboxylic acids is 1. The fraction of sp³-hybridized carbons (Fsp3) is 0.417. The van der Waals surface area contributed by atoms with Gasteiger partial charge in [0.2, 0.25) is 10.0 Å². The fourth-order valence-corrected chi connectivity index (χ4v) is 1.87. The van der Waals surface area contributed by atoms with Crippen molar-refractivity contribution in [2.24, 2.45) is 0 Å². The van der Waals surface area contributed by atoms with Crippen LogP contribution in [-0.2, 0) is 10.0 Å². The average Bonchev–Trinajstić information content (AvgIpc) is 2.23. The zero-order valence-corrected chi connectivity index (χ0v) is 11.9. The number of anilines is 1. The number of sulfonamides is 1. The molecule has 0 aliphatic rings. The Bertz CT molecular complexity index is 544. The third kappa shape index (κ3) is 6.21. The highest BCUT2D eigenvalue weighted by Gasteiger charge is 2.14. The summed E-state index contributed by atoms with van der Waals surface area (Å²) in [5.41, 5.74) is -0.196. The molecule has 7 heteroatoms. The van der Waals surface area contributed by atoms with E-state index in [1.807, 2.05) is 0 Å². The number of rotatable bonds is 5. The third-order valence-corrected chi connectivity index (χ3v) is 2.74. The van der Waals surface area contributed by atoms with Crippen LogP contribution in [0.1, 0.15) is 24.2 Å². The highest BCUT2D eigenvalue weighted by molar-refractivity contribution is 7.92. The number of nitrogens with one attached hydrogen (secondary N) is 2. The summed E-state index contributed by atoms with van der Waals surface area (Å²) in [5.74, 6) is -0.326. The van der Waals surface area contributed by atoms with Gasteiger partial charge in [-0.25, -0.2) is 8.42 Å². The van der Waals surface area contributed by atoms with Crippen LogP contribution in [0.2, 0.25) is 0 Å². The zero-order chi connectivity index (χ0) is 14.7. The summed E-state index contributed by atoms with van der Waals surface area (Å²) in [7, 11) is -3.32. The molecule has 0 saturated carbocycles. The van der Waals surface area contributed by atoms with E-state index in [4.69, 9.17) is 0 Å². The van der Waals surface area contributed by atoms with Gasteiger partial charge in [0.1, 0.15) is 0 Å². The molecule has 0 aromatic heterocycles. The number of hydrogen-bond acceptors (Lipinski definition) is 4. The molecule has 0 heterocycles. The van der Waals surface area contributed by atoms with E-state index < -0.39 is 15.6 Å². The van der Waals surface area contributed by atoms with Crippen molar-refractivity contribution in [1.29, 1.82) is 0 Å². The average molecular weight is 286 g/mol. The first kappa shape index (κ1) is 15.5. The monoisotopic (exact) mass is 286 g/mol. The molecular weight excluding hydrogens is 268 g/mol. The second-order valence-electron chi connectivity index (χ2n) is 4.95. The maximum absolute atomic E-state index is 11.7. The molecule has 3 N–H and O–H groups in total. The third-order valence-electron chi connectivity index (χ3n) is 2.13. The molecule has 0 unspecified atom stereocenters. The van der Waals surface area contributed by atoms with Crippen LogP contribution in [0, 0.1) is 0 Å². The maximum Gasteiger partial charge on any atom is 0.251 e. The number of benzene rings is 1. The van der Waals surface area contributed by atoms with Crippen molar-refractivity contribution in [3.63, 3.8) is 0 Å². The van der Waals surface area contributed by atoms with Crippen molar-refractivity contribution in [1.82, 2.24) is 5.32 Å². The van der Waals surface area contributed by atoms with Crippen molar-refractivity contribution in [3.8, 4) is 0 Å². The zero-order valence-electron chi connectivity index (χ0n) is 11.1. The molecule has 6 nitrogen and oxygen atoms in total. The van der Waals surface area contributed by atoms with Crippen LogP contribution in [0.4, 0.5) is 5.69 Å². The Kier molecular flexibility index (Phi) is 4.54. The molecule has 1 amide bonds. The Morgan fingerprint density at radius 2 is 1.79 bits per heavy atom. The first-order valence-corrected chi connectivity index (χ1v) is 7.54. The molecule has 106 valence electrons. The Morgan fingerprint density at radius 3 is 2.21 bits per heavy atom. The molecule has 0 spiro atoms. The SMILES string of the molecule is CC(C)(O)CNC(=O)c1ccc(NS(C)(=O)=O)cc1. The van der Waals surface area contributed by atoms with Crippen LogP contribution in [0.3, 0.4) is 0 Å². The molecule has 1 rings (SSSR count). The summed E-state index contributed by atoms with van der Waals surface area (Å²) in [6.07, 6.45) is 1.05. The molecular formula is C12H18N2O4S. The van der Waals surface area contributed by atoms with E-state index >= 15 is 0 Å². The van der Waals surface area contributed by atoms with Crippen LogP contribution in [-0.4, -0.2) is 37.8 Å². The van der Waals surface area contributed by atoms with E-state index in [1.54, 1.807) is 13.8 Å². The fourth-order valence-electron chi connectivity index (χ4n) is 1.30. The van der Waals surface area contributed by atoms with E-state index in [9.17, 15) is 18.3 Å². The molecule has 0 aliphatic heterocycles. The second kappa shape index (κ2) is 5.58. The van der Waals surface area contributed by atoms with Gasteiger partial charge in [-0.2, -0.15) is 0 Å². The summed E-state index contributed by atoms with van der Waals surface area (Å²) in [4.78, 5) is 11.7. The molecule has 0 atom stereocenters. The summed E-state index contributed by atoms with van der Waals surface area (Å²) in [6.45, 7) is 3.31. The van der Waals surface area contributed by atoms with Crippen LogP contribution in [0.15, 0.2) is 24.3 Å². The number of amides is 1. The lowest BCUT2D eigenvalue weighted by Crippen LogP contribution is -2.38. The van der Waals surface area contributed by atoms with E-state index in [-0.39, 0.29) is 12.5 Å². The predicted octanol–water partition coefficient (Wildman–Crippen LogP) is 0.559. The van der Waals surface area contributed by atoms with Gasteiger partial charge in [0.15, 0.2) is 0 Å². The van der Waals surface area contributed by atoms with E-state index in [0.717, 1.165) is 6.26 Å². The quantitative estimate of drug-likeness (QED) is 0.737. The molecule has 0 saturated heterocycles. The van der Waals surface area contributed by atoms with E-state index in [2.05, 4.69) is 10.0 Å². The molecule has 1 aromatic rings. The van der Waals surface area contributed by atoms with Gasteiger partial charge in [0.25, 0.3) is 5.91 Å². The normalized spacial score (nSPS) is 12.0. The van der Waals surface area contributed by atoms with Gasteiger partial charge in [-0.1, -0.05) is 0 Å². The van der Waals surface area contributed by atoms with Crippen molar-refractivity contribution >= 4 is 21.6 Å². The Balaban J connectivity index is 2.68. The van der Waals surface area contributed by atoms with Crippen molar-refractivity contribution in [2.45, 2.75) is 19.4 Å². The highest BCUT2D eigenvalue weighted by atomic mass is 32.2. The van der Waals surface area contributed by atoms with Gasteiger partial charge in [0.05, 0.1) is 11.9 Å². The Hall–Kier alpha value is -1.60. The smallest absolute Gasteiger partial charge is 0.251 e. The van der Waals surface area contributed by atoms with Gasteiger partial charge >= 0.3 is 0 Å². The molecule has 0 radical (unpaired) electrons. The minimum Gasteiger partial charge on any atom is -0.389 e. The summed E-state index contributed by atoms with van der Waals surface area (Å²) >= 11 is 0. The largest absolute Gasteiger partial charge is 0.389 e. The van der Waals surface area contributed by atoms with E-state index in [0.29, 0.717) is 11.3 Å². The summed E-state index contributed by atoms with van der Waals surface area (Å²) in [6, 6.07) is 6.01. The standard InChI is InChI=1S/C12H18N2O4S/c1-12(2,16)8-13-11(15)9-4-6-10(7-5-9)14-19(3,17)18/h4-7,14,16H,8H2,1-3H3,(H,13,15). The first-order valence-electron chi connectivity index (χ1n) is 5.65. The Labute approximate surface area is 112 Å². The number of carbonyl (C=O) groups is 1. The minimum absolute atomic E-state index is 0.134. The number of hydrogen-bond donors (Lipinski definition) is 3. The van der Waals surface area contributed by atoms with Crippen LogP contribution in [0.25, 0.3) is 0 Å². The first-order chi connectivity index (χ1) is 8.57. The predicted molar refractivity (Wildman–Crippen MR) is 73.5 cm³/mol. The lowest BCUT2D eigenvalue weighted by molar-refractivity contribution is 0.0694. The molecule has 0 fully saturated rings. The summed E-state index contributed by atoms with van der Waals surface area (Å²) in [5, 5.41) is 12.1. The molecule has 0 aliphatic carbocycles. The molecule has 0 bridgehead atoms. The van der Waals surface area contributed by atoms with Gasteiger partial charge in [-0.3, -0.25) is 9.52 Å². The van der Waals surface area contributed by atoms with E-state index in [1.165, 1.54) is 24.3 Å². The van der Waals surface area contributed by atoms with Crippen LogP contribution in [0.5, 0.6) is 0 Å². The minimum atomic E-state index is -3.32. The number of aliphatic hydroxyl groups is 1. The van der Waals surface area contributed by atoms with Gasteiger partial charge < -0.3 is 10.4 Å². The molecule has 1 aromatic carbocycles. The van der Waals surface area contributed by atoms with Crippen molar-refractivity contribution in [3.05, 3.63) is 29.8 Å². The topological polar surface area (TPSA) is 95.5 Å². The maximum atomic E-state index is 11.7.